The quantitative estimate of drug-likeness (QED) is 0.0813. The number of anilines is 2. The van der Waals surface area contributed by atoms with Gasteiger partial charge in [0.15, 0.2) is 5.13 Å². The van der Waals surface area contributed by atoms with Crippen molar-refractivity contribution in [1.29, 1.82) is 0 Å². The van der Waals surface area contributed by atoms with Crippen molar-refractivity contribution in [3.8, 4) is 0 Å². The van der Waals surface area contributed by atoms with E-state index in [0.717, 1.165) is 71.3 Å². The molecule has 8 nitrogen and oxygen atoms in total. The van der Waals surface area contributed by atoms with Gasteiger partial charge in [-0.3, -0.25) is 14.9 Å². The normalized spacial score (nSPS) is 13.1. The molecule has 0 bridgehead atoms. The molecule has 0 saturated carbocycles. The van der Waals surface area contributed by atoms with Crippen LogP contribution in [-0.2, 0) is 6.18 Å². The van der Waals surface area contributed by atoms with Crippen LogP contribution in [0.5, 0.6) is 0 Å². The van der Waals surface area contributed by atoms with Gasteiger partial charge in [-0.25, -0.2) is 0 Å². The number of nitrogens with one attached hydrogen (secondary N) is 2. The van der Waals surface area contributed by atoms with Gasteiger partial charge in [-0.15, -0.1) is 0 Å². The fourth-order valence-electron chi connectivity index (χ4n) is 5.31. The molecule has 0 fully saturated rings. The number of alkyl halides is 3. The van der Waals surface area contributed by atoms with Gasteiger partial charge < -0.3 is 5.32 Å². The van der Waals surface area contributed by atoms with Crippen molar-refractivity contribution in [1.82, 2.24) is 9.88 Å². The molecular formula is C30H28F3N5O3SSe2. The Hall–Kier alpha value is -3.15. The van der Waals surface area contributed by atoms with Crippen molar-refractivity contribution in [2.75, 3.05) is 30.3 Å². The number of aromatic nitrogens is 1. The van der Waals surface area contributed by atoms with E-state index in [9.17, 15) is 28.1 Å². The van der Waals surface area contributed by atoms with E-state index in [1.807, 2.05) is 0 Å². The molecule has 0 aliphatic carbocycles. The fraction of sp³-hybridized carbons (Fsp3) is 0.333. The molecule has 0 atom stereocenters. The van der Waals surface area contributed by atoms with E-state index in [1.54, 1.807) is 0 Å². The summed E-state index contributed by atoms with van der Waals surface area (Å²) in [5.74, 6) is 0. The van der Waals surface area contributed by atoms with E-state index in [2.05, 4.69) is 88.9 Å². The predicted molar refractivity (Wildman–Crippen MR) is 174 cm³/mol. The third-order valence-corrected chi connectivity index (χ3v) is 10.4. The number of fused-ring (bicyclic) bond motifs is 1. The number of rotatable bonds is 12. The van der Waals surface area contributed by atoms with Crippen LogP contribution in [0.4, 0.5) is 29.7 Å². The van der Waals surface area contributed by atoms with Gasteiger partial charge in [0.1, 0.15) is 4.70 Å². The average molecular weight is 754 g/mol. The molecule has 1 aromatic heterocycles. The molecule has 0 saturated heterocycles. The van der Waals surface area contributed by atoms with Crippen molar-refractivity contribution in [2.45, 2.75) is 45.2 Å². The van der Waals surface area contributed by atoms with E-state index in [0.29, 0.717) is 18.7 Å². The maximum atomic E-state index is 13.2. The molecule has 14 heteroatoms. The van der Waals surface area contributed by atoms with Crippen LogP contribution in [0.15, 0.2) is 47.3 Å². The second-order valence-corrected chi connectivity index (χ2v) is 12.9. The zero-order valence-electron chi connectivity index (χ0n) is 23.6. The van der Waals surface area contributed by atoms with E-state index in [-0.39, 0.29) is 9.83 Å². The molecule has 0 radical (unpaired) electrons. The second-order valence-electron chi connectivity index (χ2n) is 10.3. The first kappa shape index (κ1) is 32.2. The minimum absolute atomic E-state index is 0.130. The SMILES string of the molecule is CCN1C(=[Se])c2cccc3c(NCCCCCCCNc4nc(=O)c5cc(C(F)(F)F)cc([N+](=O)[O-])c5s4)ccc(c23)C1=[Se]. The summed E-state index contributed by atoms with van der Waals surface area (Å²) in [6, 6.07) is 11.8. The van der Waals surface area contributed by atoms with E-state index >= 15 is 0 Å². The van der Waals surface area contributed by atoms with Crippen LogP contribution in [0.25, 0.3) is 20.9 Å². The average Bonchev–Trinajstić information content (AvgIpc) is 2.98. The van der Waals surface area contributed by atoms with Gasteiger partial charge in [-0.2, -0.15) is 18.2 Å². The first-order valence-electron chi connectivity index (χ1n) is 14.1. The zero-order valence-corrected chi connectivity index (χ0v) is 27.9. The van der Waals surface area contributed by atoms with Crippen molar-refractivity contribution in [3.63, 3.8) is 0 Å². The van der Waals surface area contributed by atoms with E-state index in [4.69, 9.17) is 0 Å². The first-order valence-corrected chi connectivity index (χ1v) is 16.6. The van der Waals surface area contributed by atoms with Gasteiger partial charge in [-0.05, 0) is 6.07 Å². The van der Waals surface area contributed by atoms with Gasteiger partial charge in [0, 0.05) is 12.6 Å². The Morgan fingerprint density at radius 3 is 2.27 bits per heavy atom. The Kier molecular flexibility index (Phi) is 9.86. The van der Waals surface area contributed by atoms with Crippen LogP contribution < -0.4 is 16.2 Å². The number of nitro groups is 1. The van der Waals surface area contributed by atoms with Crippen LogP contribution in [0.1, 0.15) is 55.7 Å². The van der Waals surface area contributed by atoms with Crippen LogP contribution in [0.3, 0.4) is 0 Å². The van der Waals surface area contributed by atoms with Crippen molar-refractivity contribution in [2.24, 2.45) is 0 Å². The van der Waals surface area contributed by atoms with Gasteiger partial charge in [-0.1, -0.05) is 11.3 Å². The topological polar surface area (TPSA) is 100 Å². The molecule has 4 aromatic rings. The van der Waals surface area contributed by atoms with Crippen LogP contribution >= 0.6 is 11.3 Å². The zero-order chi connectivity index (χ0) is 31.6. The standard InChI is InChI=1S/C30H28F3N5O3SSe2/c1-2-37-27(43)19-10-8-9-18-22(12-11-20(24(18)19)28(37)44)34-13-6-4-3-5-7-14-35-29-36-26(39)21-15-17(30(31,32)33)16-23(38(40)41)25(21)42-29/h8-12,15-16,34H,2-7,13-14H2,1H3,(H,35,36,39). The number of halogens is 3. The van der Waals surface area contributed by atoms with E-state index < -0.39 is 33.3 Å². The summed E-state index contributed by atoms with van der Waals surface area (Å²) in [5, 5.41) is 20.2. The molecule has 0 amide bonds. The van der Waals surface area contributed by atoms with Crippen molar-refractivity contribution in [3.05, 3.63) is 79.6 Å². The number of hydrogen-bond donors (Lipinski definition) is 2. The molecule has 230 valence electrons. The molecular weight excluding hydrogens is 725 g/mol. The molecule has 2 N–H and O–H groups in total. The first-order chi connectivity index (χ1) is 21.0. The molecule has 44 heavy (non-hydrogen) atoms. The van der Waals surface area contributed by atoms with Crippen LogP contribution in [0.2, 0.25) is 0 Å². The van der Waals surface area contributed by atoms with Crippen LogP contribution in [0, 0.1) is 10.1 Å². The summed E-state index contributed by atoms with van der Waals surface area (Å²) in [7, 11) is 0. The number of benzene rings is 3. The number of hydrogen-bond acceptors (Lipinski definition) is 8. The maximum absolute atomic E-state index is 13.2. The monoisotopic (exact) mass is 755 g/mol. The van der Waals surface area contributed by atoms with E-state index in [1.165, 1.54) is 21.9 Å². The Balaban J connectivity index is 1.10. The summed E-state index contributed by atoms with van der Waals surface area (Å²) in [5.41, 5.74) is 0.580. The van der Waals surface area contributed by atoms with Crippen molar-refractivity contribution < 1.29 is 18.1 Å². The second kappa shape index (κ2) is 13.5. The summed E-state index contributed by atoms with van der Waals surface area (Å²) < 4.78 is 41.6. The summed E-state index contributed by atoms with van der Waals surface area (Å²) in [6.45, 7) is 4.33. The molecule has 0 spiro atoms. The third-order valence-electron chi connectivity index (χ3n) is 7.48. The molecule has 1 aliphatic rings. The fourth-order valence-corrected chi connectivity index (χ4v) is 8.23. The van der Waals surface area contributed by atoms with Gasteiger partial charge in [0.25, 0.3) is 11.2 Å². The summed E-state index contributed by atoms with van der Waals surface area (Å²) in [4.78, 5) is 29.0. The Morgan fingerprint density at radius 1 is 0.955 bits per heavy atom. The van der Waals surface area contributed by atoms with Gasteiger partial charge in [0.05, 0.1) is 15.9 Å². The minimum atomic E-state index is -4.82. The van der Waals surface area contributed by atoms with Gasteiger partial charge in [0.2, 0.25) is 0 Å². The Bertz CT molecular complexity index is 1830. The number of nitrogens with zero attached hydrogens (tertiary/aromatic N) is 3. The number of nitro benzene ring substituents is 1. The molecule has 2 heterocycles. The third kappa shape index (κ3) is 6.60. The van der Waals surface area contributed by atoms with Gasteiger partial charge >= 0.3 is 167 Å². The van der Waals surface area contributed by atoms with Crippen molar-refractivity contribution >= 4 is 88.9 Å². The molecule has 5 rings (SSSR count). The Morgan fingerprint density at radius 2 is 1.61 bits per heavy atom. The number of unbranched alkanes of at least 4 members (excludes halogenated alkanes) is 4. The Labute approximate surface area is 270 Å². The predicted octanol–water partition coefficient (Wildman–Crippen LogP) is 5.84. The molecule has 1 aliphatic heterocycles. The molecule has 0 unspecified atom stereocenters. The summed E-state index contributed by atoms with van der Waals surface area (Å²) >= 11 is 7.30. The summed E-state index contributed by atoms with van der Waals surface area (Å²) in [6.07, 6.45) is -0.0808. The number of non-ortho nitro benzene ring substituents is 1. The molecule has 3 aromatic carbocycles. The van der Waals surface area contributed by atoms with Crippen LogP contribution in [-0.4, -0.2) is 74.7 Å².